The highest BCUT2D eigenvalue weighted by Gasteiger charge is 2.26. The first-order valence-electron chi connectivity index (χ1n) is 9.56. The number of anilines is 2. The minimum atomic E-state index is -3.95. The van der Waals surface area contributed by atoms with Crippen molar-refractivity contribution < 1.29 is 13.2 Å². The largest absolute Gasteiger partial charge is 0.326 e. The number of thiazole rings is 1. The fourth-order valence-electron chi connectivity index (χ4n) is 3.09. The Labute approximate surface area is 190 Å². The van der Waals surface area contributed by atoms with Gasteiger partial charge in [0.1, 0.15) is 4.90 Å². The predicted molar refractivity (Wildman–Crippen MR) is 125 cm³/mol. The highest BCUT2D eigenvalue weighted by molar-refractivity contribution is 7.93. The smallest absolute Gasteiger partial charge is 0.307 e. The van der Waals surface area contributed by atoms with Crippen molar-refractivity contribution in [2.45, 2.75) is 31.7 Å². The molecule has 1 N–H and O–H groups in total. The molecule has 0 saturated carbocycles. The third-order valence-electron chi connectivity index (χ3n) is 4.65. The zero-order valence-electron chi connectivity index (χ0n) is 17.0. The minimum Gasteiger partial charge on any atom is -0.326 e. The number of rotatable bonds is 8. The van der Waals surface area contributed by atoms with Crippen molar-refractivity contribution in [2.24, 2.45) is 0 Å². The van der Waals surface area contributed by atoms with Crippen LogP contribution in [0.3, 0.4) is 0 Å². The van der Waals surface area contributed by atoms with Crippen LogP contribution < -0.4 is 14.5 Å². The quantitative estimate of drug-likeness (QED) is 0.526. The van der Waals surface area contributed by atoms with E-state index in [2.05, 4.69) is 5.32 Å². The number of sulfonamides is 1. The summed E-state index contributed by atoms with van der Waals surface area (Å²) in [6, 6.07) is 13.1. The molecule has 0 fully saturated rings. The predicted octanol–water partition coefficient (Wildman–Crippen LogP) is 4.12. The first-order chi connectivity index (χ1) is 14.7. The Hall–Kier alpha value is -2.62. The molecule has 3 aromatic rings. The molecule has 2 aromatic carbocycles. The molecule has 10 heteroatoms. The van der Waals surface area contributed by atoms with E-state index >= 15 is 0 Å². The number of halogens is 1. The van der Waals surface area contributed by atoms with Crippen LogP contribution in [0.2, 0.25) is 5.02 Å². The van der Waals surface area contributed by atoms with Gasteiger partial charge in [-0.15, -0.1) is 0 Å². The molecule has 164 valence electrons. The monoisotopic (exact) mass is 479 g/mol. The fraction of sp³-hybridized carbons (Fsp3) is 0.238. The molecule has 0 atom stereocenters. The molecular formula is C21H22ClN3O4S2. The lowest BCUT2D eigenvalue weighted by Crippen LogP contribution is -2.31. The Balaban J connectivity index is 1.81. The molecule has 1 amide bonds. The van der Waals surface area contributed by atoms with E-state index in [1.165, 1.54) is 21.0 Å². The molecule has 3 rings (SSSR count). The number of aryl methyl sites for hydroxylation is 1. The lowest BCUT2D eigenvalue weighted by atomic mass is 10.3. The lowest BCUT2D eigenvalue weighted by Gasteiger charge is -2.23. The maximum absolute atomic E-state index is 13.3. The molecule has 0 radical (unpaired) electrons. The number of hydrogen-bond donors (Lipinski definition) is 1. The number of benzene rings is 2. The first kappa shape index (κ1) is 23.1. The average Bonchev–Trinajstić information content (AvgIpc) is 3.06. The van der Waals surface area contributed by atoms with Crippen LogP contribution in [-0.2, 0) is 21.4 Å². The van der Waals surface area contributed by atoms with Gasteiger partial charge < -0.3 is 9.88 Å². The Bertz CT molecular complexity index is 1240. The van der Waals surface area contributed by atoms with Crippen LogP contribution in [0.4, 0.5) is 11.4 Å². The van der Waals surface area contributed by atoms with E-state index in [9.17, 15) is 18.0 Å². The maximum atomic E-state index is 13.3. The second-order valence-electron chi connectivity index (χ2n) is 6.74. The van der Waals surface area contributed by atoms with Crippen molar-refractivity contribution in [3.8, 4) is 0 Å². The summed E-state index contributed by atoms with van der Waals surface area (Å²) in [5.74, 6) is -0.335. The zero-order valence-corrected chi connectivity index (χ0v) is 19.4. The summed E-state index contributed by atoms with van der Waals surface area (Å²) in [7, 11) is -3.95. The second kappa shape index (κ2) is 9.67. The molecule has 31 heavy (non-hydrogen) atoms. The summed E-state index contributed by atoms with van der Waals surface area (Å²) in [6.07, 6.45) is 0.0767. The van der Waals surface area contributed by atoms with Crippen LogP contribution >= 0.6 is 22.9 Å². The van der Waals surface area contributed by atoms with Gasteiger partial charge in [-0.3, -0.25) is 13.9 Å². The van der Waals surface area contributed by atoms with E-state index in [0.29, 0.717) is 11.4 Å². The molecule has 0 saturated heterocycles. The molecule has 0 aliphatic heterocycles. The van der Waals surface area contributed by atoms with Crippen molar-refractivity contribution in [1.82, 2.24) is 4.57 Å². The summed E-state index contributed by atoms with van der Waals surface area (Å²) < 4.78 is 29.3. The molecule has 0 aliphatic carbocycles. The number of nitrogens with zero attached hydrogens (tertiary/aromatic N) is 2. The summed E-state index contributed by atoms with van der Waals surface area (Å²) in [5.41, 5.74) is 1.63. The second-order valence-corrected chi connectivity index (χ2v) is 9.80. The summed E-state index contributed by atoms with van der Waals surface area (Å²) >= 11 is 7.30. The Kier molecular flexibility index (Phi) is 7.19. The number of amides is 1. The van der Waals surface area contributed by atoms with Crippen molar-refractivity contribution in [3.05, 3.63) is 74.3 Å². The highest BCUT2D eigenvalue weighted by atomic mass is 35.5. The Morgan fingerprint density at radius 1 is 1.19 bits per heavy atom. The highest BCUT2D eigenvalue weighted by Crippen LogP contribution is 2.30. The van der Waals surface area contributed by atoms with Gasteiger partial charge in [-0.1, -0.05) is 41.1 Å². The zero-order chi connectivity index (χ0) is 22.6. The number of carbonyl (C=O) groups is 1. The molecule has 0 unspecified atom stereocenters. The van der Waals surface area contributed by atoms with Crippen molar-refractivity contribution in [2.75, 3.05) is 16.2 Å². The number of carbonyl (C=O) groups excluding carboxylic acids is 1. The summed E-state index contributed by atoms with van der Waals surface area (Å²) in [6.45, 7) is 4.00. The minimum absolute atomic E-state index is 0.0628. The number of hydrogen-bond acceptors (Lipinski definition) is 5. The molecule has 1 aromatic heterocycles. The molecule has 0 bridgehead atoms. The van der Waals surface area contributed by atoms with Gasteiger partial charge in [0.2, 0.25) is 5.91 Å². The van der Waals surface area contributed by atoms with Crippen molar-refractivity contribution in [3.63, 3.8) is 0 Å². The third kappa shape index (κ3) is 5.17. The summed E-state index contributed by atoms with van der Waals surface area (Å²) in [4.78, 5) is 23.9. The van der Waals surface area contributed by atoms with Crippen LogP contribution in [0.25, 0.3) is 0 Å². The van der Waals surface area contributed by atoms with Gasteiger partial charge in [-0.25, -0.2) is 8.42 Å². The summed E-state index contributed by atoms with van der Waals surface area (Å²) in [5, 5.41) is 4.49. The van der Waals surface area contributed by atoms with Gasteiger partial charge >= 0.3 is 4.87 Å². The van der Waals surface area contributed by atoms with Crippen molar-refractivity contribution in [1.29, 1.82) is 0 Å². The van der Waals surface area contributed by atoms with Gasteiger partial charge in [0, 0.05) is 36.3 Å². The fourth-order valence-corrected chi connectivity index (χ4v) is 5.83. The lowest BCUT2D eigenvalue weighted by molar-refractivity contribution is -0.116. The Morgan fingerprint density at radius 3 is 2.52 bits per heavy atom. The molecule has 0 aliphatic rings. The topological polar surface area (TPSA) is 88.5 Å². The van der Waals surface area contributed by atoms with Gasteiger partial charge in [0.15, 0.2) is 0 Å². The molecular weight excluding hydrogens is 458 g/mol. The number of nitrogens with one attached hydrogen (secondary N) is 1. The molecule has 7 nitrogen and oxygen atoms in total. The Morgan fingerprint density at radius 2 is 1.90 bits per heavy atom. The van der Waals surface area contributed by atoms with Crippen molar-refractivity contribution >= 4 is 50.2 Å². The van der Waals surface area contributed by atoms with Gasteiger partial charge in [0.25, 0.3) is 10.0 Å². The van der Waals surface area contributed by atoms with E-state index in [4.69, 9.17) is 11.6 Å². The van der Waals surface area contributed by atoms with E-state index in [0.717, 1.165) is 17.0 Å². The van der Waals surface area contributed by atoms with Crippen LogP contribution in [0, 0.1) is 6.92 Å². The maximum Gasteiger partial charge on any atom is 0.307 e. The molecule has 1 heterocycles. The van der Waals surface area contributed by atoms with E-state index < -0.39 is 10.0 Å². The standard InChI is InChI=1S/C21H22ClN3O4S2/c1-3-25(17-7-5-4-6-8-17)31(28,29)19-13-16(9-10-18(19)22)23-20(26)11-12-24-15(2)14-30-21(24)27/h4-10,13-14H,3,11-12H2,1-2H3,(H,23,26). The SMILES string of the molecule is CCN(c1ccccc1)S(=O)(=O)c1cc(NC(=O)CCn2c(C)csc2=O)ccc1Cl. The van der Waals surface area contributed by atoms with Crippen LogP contribution in [-0.4, -0.2) is 25.4 Å². The van der Waals surface area contributed by atoms with E-state index in [1.807, 2.05) is 0 Å². The first-order valence-corrected chi connectivity index (χ1v) is 12.3. The van der Waals surface area contributed by atoms with Gasteiger partial charge in [0.05, 0.1) is 10.7 Å². The third-order valence-corrected chi connectivity index (χ3v) is 7.92. The molecule has 0 spiro atoms. The van der Waals surface area contributed by atoms with Crippen LogP contribution in [0.1, 0.15) is 19.0 Å². The van der Waals surface area contributed by atoms with Crippen LogP contribution in [0.15, 0.2) is 63.6 Å². The normalized spacial score (nSPS) is 11.3. The van der Waals surface area contributed by atoms with Crippen LogP contribution in [0.5, 0.6) is 0 Å². The van der Waals surface area contributed by atoms with E-state index in [1.54, 1.807) is 55.6 Å². The number of aromatic nitrogens is 1. The van der Waals surface area contributed by atoms with Gasteiger partial charge in [-0.2, -0.15) is 0 Å². The number of para-hydroxylation sites is 1. The van der Waals surface area contributed by atoms with Gasteiger partial charge in [-0.05, 0) is 44.2 Å². The average molecular weight is 480 g/mol. The van der Waals surface area contributed by atoms with E-state index in [-0.39, 0.29) is 40.2 Å².